The van der Waals surface area contributed by atoms with Gasteiger partial charge in [-0.1, -0.05) is 12.1 Å². The van der Waals surface area contributed by atoms with E-state index in [9.17, 15) is 14.9 Å². The van der Waals surface area contributed by atoms with Crippen molar-refractivity contribution in [1.29, 1.82) is 0 Å². The van der Waals surface area contributed by atoms with Crippen molar-refractivity contribution in [2.45, 2.75) is 18.7 Å². The summed E-state index contributed by atoms with van der Waals surface area (Å²) < 4.78 is 0. The number of carbonyl (C=O) groups is 1. The van der Waals surface area contributed by atoms with Crippen molar-refractivity contribution in [1.82, 2.24) is 0 Å². The van der Waals surface area contributed by atoms with Crippen molar-refractivity contribution < 1.29 is 14.8 Å². The molecule has 0 amide bonds. The molecule has 0 heterocycles. The first-order chi connectivity index (χ1) is 7.41. The molecule has 86 valence electrons. The van der Waals surface area contributed by atoms with Crippen LogP contribution in [0.25, 0.3) is 0 Å². The molecule has 6 heteroatoms. The molecule has 0 aliphatic heterocycles. The van der Waals surface area contributed by atoms with E-state index >= 15 is 0 Å². The molecule has 1 aromatic carbocycles. The number of carboxylic acids is 1. The Kier molecular flexibility index (Phi) is 3.84. The molecule has 1 N–H and O–H groups in total. The van der Waals surface area contributed by atoms with Gasteiger partial charge in [-0.15, -0.1) is 11.6 Å². The average Bonchev–Trinajstić information content (AvgIpc) is 2.20. The molecule has 1 aromatic rings. The third-order valence-electron chi connectivity index (χ3n) is 2.10. The van der Waals surface area contributed by atoms with E-state index in [1.54, 1.807) is 13.0 Å². The number of alkyl halides is 1. The fourth-order valence-corrected chi connectivity index (χ4v) is 1.46. The van der Waals surface area contributed by atoms with Gasteiger partial charge < -0.3 is 5.11 Å². The van der Waals surface area contributed by atoms with Crippen molar-refractivity contribution in [3.05, 3.63) is 39.4 Å². The SMILES string of the molecule is Cc1ccc(CC(Cl)C(=O)O)c([N+](=O)[O-])c1. The van der Waals surface area contributed by atoms with Crippen molar-refractivity contribution in [2.24, 2.45) is 0 Å². The molecule has 0 aliphatic rings. The Balaban J connectivity index is 3.04. The Morgan fingerprint density at radius 3 is 2.75 bits per heavy atom. The molecule has 1 atom stereocenters. The van der Waals surface area contributed by atoms with Gasteiger partial charge in [0, 0.05) is 18.1 Å². The van der Waals surface area contributed by atoms with Crippen LogP contribution in [0.4, 0.5) is 5.69 Å². The van der Waals surface area contributed by atoms with Gasteiger partial charge in [-0.05, 0) is 12.5 Å². The number of carboxylic acid groups (broad SMARTS) is 1. The third kappa shape index (κ3) is 2.93. The van der Waals surface area contributed by atoms with Crippen LogP contribution in [0.1, 0.15) is 11.1 Å². The summed E-state index contributed by atoms with van der Waals surface area (Å²) in [5, 5.41) is 18.2. The number of nitro benzene ring substituents is 1. The van der Waals surface area contributed by atoms with Crippen molar-refractivity contribution in [2.75, 3.05) is 0 Å². The quantitative estimate of drug-likeness (QED) is 0.499. The minimum Gasteiger partial charge on any atom is -0.480 e. The lowest BCUT2D eigenvalue weighted by Crippen LogP contribution is -2.16. The number of halogens is 1. The van der Waals surface area contributed by atoms with E-state index < -0.39 is 16.3 Å². The highest BCUT2D eigenvalue weighted by atomic mass is 35.5. The smallest absolute Gasteiger partial charge is 0.321 e. The number of nitrogens with zero attached hydrogens (tertiary/aromatic N) is 1. The van der Waals surface area contributed by atoms with Crippen LogP contribution in [0.15, 0.2) is 18.2 Å². The first-order valence-corrected chi connectivity index (χ1v) is 4.96. The Morgan fingerprint density at radius 2 is 2.25 bits per heavy atom. The van der Waals surface area contributed by atoms with Gasteiger partial charge in [0.25, 0.3) is 5.69 Å². The van der Waals surface area contributed by atoms with Gasteiger partial charge >= 0.3 is 5.97 Å². The van der Waals surface area contributed by atoms with Crippen molar-refractivity contribution in [3.8, 4) is 0 Å². The molecule has 0 saturated carbocycles. The summed E-state index contributed by atoms with van der Waals surface area (Å²) in [6, 6.07) is 4.63. The van der Waals surface area contributed by atoms with E-state index in [4.69, 9.17) is 16.7 Å². The van der Waals surface area contributed by atoms with E-state index in [0.717, 1.165) is 5.56 Å². The maximum absolute atomic E-state index is 10.7. The fourth-order valence-electron chi connectivity index (χ4n) is 1.30. The van der Waals surface area contributed by atoms with Crippen LogP contribution in [0.5, 0.6) is 0 Å². The number of aliphatic carboxylic acids is 1. The number of rotatable bonds is 4. The molecular formula is C10H10ClNO4. The average molecular weight is 244 g/mol. The van der Waals surface area contributed by atoms with Crippen LogP contribution >= 0.6 is 11.6 Å². The predicted molar refractivity (Wildman–Crippen MR) is 58.8 cm³/mol. The Labute approximate surface area is 96.8 Å². The zero-order valence-electron chi connectivity index (χ0n) is 8.51. The molecule has 1 rings (SSSR count). The normalized spacial score (nSPS) is 12.1. The van der Waals surface area contributed by atoms with Gasteiger partial charge in [0.1, 0.15) is 5.38 Å². The maximum Gasteiger partial charge on any atom is 0.321 e. The minimum absolute atomic E-state index is 0.0620. The van der Waals surface area contributed by atoms with Gasteiger partial charge in [0.2, 0.25) is 0 Å². The topological polar surface area (TPSA) is 80.4 Å². The molecule has 0 saturated heterocycles. The predicted octanol–water partition coefficient (Wildman–Crippen LogP) is 2.14. The molecule has 0 bridgehead atoms. The highest BCUT2D eigenvalue weighted by molar-refractivity contribution is 6.29. The lowest BCUT2D eigenvalue weighted by atomic mass is 10.1. The number of benzene rings is 1. The second kappa shape index (κ2) is 4.94. The highest BCUT2D eigenvalue weighted by Crippen LogP contribution is 2.22. The van der Waals surface area contributed by atoms with E-state index in [1.807, 2.05) is 0 Å². The van der Waals surface area contributed by atoms with E-state index in [1.165, 1.54) is 12.1 Å². The summed E-state index contributed by atoms with van der Waals surface area (Å²) in [5.41, 5.74) is 0.988. The second-order valence-corrected chi connectivity index (χ2v) is 3.93. The van der Waals surface area contributed by atoms with Gasteiger partial charge in [-0.3, -0.25) is 14.9 Å². The molecule has 0 radical (unpaired) electrons. The van der Waals surface area contributed by atoms with Crippen LogP contribution in [0.2, 0.25) is 0 Å². The van der Waals surface area contributed by atoms with Crippen LogP contribution in [0, 0.1) is 17.0 Å². The summed E-state index contributed by atoms with van der Waals surface area (Å²) in [4.78, 5) is 20.8. The van der Waals surface area contributed by atoms with Gasteiger partial charge in [0.15, 0.2) is 0 Å². The second-order valence-electron chi connectivity index (χ2n) is 3.40. The molecule has 0 aliphatic carbocycles. The summed E-state index contributed by atoms with van der Waals surface area (Å²) >= 11 is 5.54. The zero-order valence-corrected chi connectivity index (χ0v) is 9.27. The lowest BCUT2D eigenvalue weighted by molar-refractivity contribution is -0.385. The maximum atomic E-state index is 10.7. The highest BCUT2D eigenvalue weighted by Gasteiger charge is 2.20. The van der Waals surface area contributed by atoms with Gasteiger partial charge in [-0.25, -0.2) is 0 Å². The molecule has 1 unspecified atom stereocenters. The first kappa shape index (κ1) is 12.4. The first-order valence-electron chi connectivity index (χ1n) is 4.52. The van der Waals surface area contributed by atoms with Crippen molar-refractivity contribution in [3.63, 3.8) is 0 Å². The van der Waals surface area contributed by atoms with Gasteiger partial charge in [-0.2, -0.15) is 0 Å². The Hall–Kier alpha value is -1.62. The summed E-state index contributed by atoms with van der Waals surface area (Å²) in [5.74, 6) is -1.18. The number of aryl methyl sites for hydroxylation is 1. The minimum atomic E-state index is -1.18. The zero-order chi connectivity index (χ0) is 12.3. The van der Waals surface area contributed by atoms with Crippen LogP contribution in [-0.2, 0) is 11.2 Å². The van der Waals surface area contributed by atoms with Crippen LogP contribution < -0.4 is 0 Å². The number of nitro groups is 1. The largest absolute Gasteiger partial charge is 0.480 e. The summed E-state index contributed by atoms with van der Waals surface area (Å²) in [7, 11) is 0. The Morgan fingerprint density at radius 1 is 1.62 bits per heavy atom. The fraction of sp³-hybridized carbons (Fsp3) is 0.300. The molecule has 16 heavy (non-hydrogen) atoms. The van der Waals surface area contributed by atoms with Gasteiger partial charge in [0.05, 0.1) is 4.92 Å². The van der Waals surface area contributed by atoms with Crippen LogP contribution in [0.3, 0.4) is 0 Å². The standard InChI is InChI=1S/C10H10ClNO4/c1-6-2-3-7(5-8(11)10(13)14)9(4-6)12(15)16/h2-4,8H,5H2,1H3,(H,13,14). The molecular weight excluding hydrogens is 234 g/mol. The van der Waals surface area contributed by atoms with E-state index in [-0.39, 0.29) is 12.1 Å². The van der Waals surface area contributed by atoms with Crippen LogP contribution in [-0.4, -0.2) is 21.4 Å². The van der Waals surface area contributed by atoms with Crippen molar-refractivity contribution >= 4 is 23.3 Å². The number of hydrogen-bond donors (Lipinski definition) is 1. The molecule has 0 spiro atoms. The molecule has 0 aromatic heterocycles. The van der Waals surface area contributed by atoms with E-state index in [0.29, 0.717) is 5.56 Å². The summed E-state index contributed by atoms with van der Waals surface area (Å²) in [6.07, 6.45) is -0.0620. The van der Waals surface area contributed by atoms with E-state index in [2.05, 4.69) is 0 Å². The molecule has 5 nitrogen and oxygen atoms in total. The monoisotopic (exact) mass is 243 g/mol. The lowest BCUT2D eigenvalue weighted by Gasteiger charge is -2.05. The third-order valence-corrected chi connectivity index (χ3v) is 2.45. The number of hydrogen-bond acceptors (Lipinski definition) is 3. The Bertz CT molecular complexity index is 433. The molecule has 0 fully saturated rings. The summed E-state index contributed by atoms with van der Waals surface area (Å²) in [6.45, 7) is 1.73.